The summed E-state index contributed by atoms with van der Waals surface area (Å²) in [5.74, 6) is 1.05. The van der Waals surface area contributed by atoms with E-state index in [9.17, 15) is 9.59 Å². The molecule has 8 heteroatoms. The summed E-state index contributed by atoms with van der Waals surface area (Å²) >= 11 is 6.25. The van der Waals surface area contributed by atoms with E-state index in [0.29, 0.717) is 32.2 Å². The SMILES string of the molecule is Cc1ccc2nc(N3CCC(C)CC3)c(/C=C3\SC(=S)NC3=O)c(=O)n2c1. The van der Waals surface area contributed by atoms with E-state index in [4.69, 9.17) is 17.2 Å². The summed E-state index contributed by atoms with van der Waals surface area (Å²) in [5, 5.41) is 2.60. The Labute approximate surface area is 166 Å². The Morgan fingerprint density at radius 3 is 2.70 bits per heavy atom. The molecule has 2 aromatic rings. The topological polar surface area (TPSA) is 66.7 Å². The number of amides is 1. The van der Waals surface area contributed by atoms with Crippen LogP contribution in [0.3, 0.4) is 0 Å². The minimum absolute atomic E-state index is 0.170. The first-order valence-electron chi connectivity index (χ1n) is 8.95. The van der Waals surface area contributed by atoms with Crippen LogP contribution in [-0.2, 0) is 4.79 Å². The van der Waals surface area contributed by atoms with Gasteiger partial charge in [-0.1, -0.05) is 37.0 Å². The molecule has 0 aromatic carbocycles. The molecule has 27 heavy (non-hydrogen) atoms. The maximum absolute atomic E-state index is 13.3. The van der Waals surface area contributed by atoms with E-state index in [2.05, 4.69) is 17.1 Å². The molecule has 140 valence electrons. The number of nitrogens with zero attached hydrogens (tertiary/aromatic N) is 3. The lowest BCUT2D eigenvalue weighted by Gasteiger charge is -2.32. The number of nitrogens with one attached hydrogen (secondary N) is 1. The van der Waals surface area contributed by atoms with E-state index in [1.807, 2.05) is 19.1 Å². The number of piperidine rings is 1. The highest BCUT2D eigenvalue weighted by molar-refractivity contribution is 8.26. The molecule has 0 atom stereocenters. The van der Waals surface area contributed by atoms with Crippen molar-refractivity contribution in [3.05, 3.63) is 44.7 Å². The van der Waals surface area contributed by atoms with Gasteiger partial charge >= 0.3 is 0 Å². The second-order valence-electron chi connectivity index (χ2n) is 7.11. The molecule has 2 fully saturated rings. The molecule has 1 amide bonds. The lowest BCUT2D eigenvalue weighted by atomic mass is 9.99. The summed E-state index contributed by atoms with van der Waals surface area (Å²) < 4.78 is 1.96. The second-order valence-corrected chi connectivity index (χ2v) is 8.83. The van der Waals surface area contributed by atoms with Crippen molar-refractivity contribution >= 4 is 51.7 Å². The van der Waals surface area contributed by atoms with Crippen LogP contribution in [0.1, 0.15) is 30.9 Å². The summed E-state index contributed by atoms with van der Waals surface area (Å²) in [4.78, 5) is 32.7. The number of fused-ring (bicyclic) bond motifs is 1. The summed E-state index contributed by atoms with van der Waals surface area (Å²) in [5.41, 5.74) is 1.85. The highest BCUT2D eigenvalue weighted by Gasteiger charge is 2.26. The van der Waals surface area contributed by atoms with Crippen LogP contribution in [-0.4, -0.2) is 32.7 Å². The van der Waals surface area contributed by atoms with E-state index >= 15 is 0 Å². The Balaban J connectivity index is 1.90. The summed E-state index contributed by atoms with van der Waals surface area (Å²) in [7, 11) is 0. The van der Waals surface area contributed by atoms with Crippen molar-refractivity contribution in [3.8, 4) is 0 Å². The van der Waals surface area contributed by atoms with Crippen molar-refractivity contribution in [2.75, 3.05) is 18.0 Å². The van der Waals surface area contributed by atoms with E-state index in [1.165, 1.54) is 11.8 Å². The molecule has 0 saturated carbocycles. The number of rotatable bonds is 2. The van der Waals surface area contributed by atoms with Crippen molar-refractivity contribution < 1.29 is 4.79 Å². The van der Waals surface area contributed by atoms with Crippen LogP contribution in [0.15, 0.2) is 28.0 Å². The lowest BCUT2D eigenvalue weighted by Crippen LogP contribution is -2.36. The zero-order chi connectivity index (χ0) is 19.1. The highest BCUT2D eigenvalue weighted by atomic mass is 32.2. The van der Waals surface area contributed by atoms with Crippen LogP contribution < -0.4 is 15.8 Å². The molecule has 2 aliphatic heterocycles. The molecule has 0 spiro atoms. The number of thiocarbonyl (C=S) groups is 1. The molecular formula is C19H20N4O2S2. The summed E-state index contributed by atoms with van der Waals surface area (Å²) in [6.07, 6.45) is 5.53. The normalized spacial score (nSPS) is 19.9. The molecule has 2 saturated heterocycles. The van der Waals surface area contributed by atoms with Crippen molar-refractivity contribution in [3.63, 3.8) is 0 Å². The van der Waals surface area contributed by atoms with Crippen LogP contribution in [0.2, 0.25) is 0 Å². The standard InChI is InChI=1S/C19H20N4O2S2/c1-11-5-7-22(8-6-11)16-13(9-14-17(24)21-19(26)27-14)18(25)23-10-12(2)3-4-15(23)20-16/h3-4,9-11H,5-8H2,1-2H3,(H,21,24,26)/b14-9-. The van der Waals surface area contributed by atoms with Gasteiger partial charge in [0.2, 0.25) is 0 Å². The maximum atomic E-state index is 13.3. The fourth-order valence-electron chi connectivity index (χ4n) is 3.39. The Hall–Kier alpha value is -2.19. The number of hydrogen-bond donors (Lipinski definition) is 1. The van der Waals surface area contributed by atoms with Crippen LogP contribution >= 0.6 is 24.0 Å². The molecule has 2 aromatic heterocycles. The quantitative estimate of drug-likeness (QED) is 0.618. The number of aryl methyl sites for hydroxylation is 1. The molecule has 0 aliphatic carbocycles. The van der Waals surface area contributed by atoms with Gasteiger partial charge in [0.25, 0.3) is 11.5 Å². The zero-order valence-electron chi connectivity index (χ0n) is 15.2. The Kier molecular flexibility index (Phi) is 4.77. The van der Waals surface area contributed by atoms with Gasteiger partial charge in [-0.2, -0.15) is 0 Å². The van der Waals surface area contributed by atoms with E-state index < -0.39 is 0 Å². The predicted molar refractivity (Wildman–Crippen MR) is 113 cm³/mol. The number of carbonyl (C=O) groups is 1. The molecule has 2 aliphatic rings. The monoisotopic (exact) mass is 400 g/mol. The number of carbonyl (C=O) groups excluding carboxylic acids is 1. The molecule has 0 radical (unpaired) electrons. The molecule has 6 nitrogen and oxygen atoms in total. The van der Waals surface area contributed by atoms with Gasteiger partial charge in [0, 0.05) is 19.3 Å². The third-order valence-corrected chi connectivity index (χ3v) is 6.15. The van der Waals surface area contributed by atoms with Gasteiger partial charge in [0.15, 0.2) is 0 Å². The fraction of sp³-hybridized carbons (Fsp3) is 0.368. The van der Waals surface area contributed by atoms with Crippen LogP contribution in [0.25, 0.3) is 11.7 Å². The summed E-state index contributed by atoms with van der Waals surface area (Å²) in [6.45, 7) is 5.88. The van der Waals surface area contributed by atoms with Gasteiger partial charge in [0.1, 0.15) is 15.8 Å². The van der Waals surface area contributed by atoms with Gasteiger partial charge in [-0.3, -0.25) is 14.0 Å². The molecule has 4 rings (SSSR count). The van der Waals surface area contributed by atoms with E-state index in [0.717, 1.165) is 31.5 Å². The molecule has 4 heterocycles. The third kappa shape index (κ3) is 3.51. The Bertz CT molecular complexity index is 1040. The van der Waals surface area contributed by atoms with E-state index in [-0.39, 0.29) is 11.5 Å². The Morgan fingerprint density at radius 2 is 2.04 bits per heavy atom. The van der Waals surface area contributed by atoms with Gasteiger partial charge in [0.05, 0.1) is 10.5 Å². The van der Waals surface area contributed by atoms with Crippen molar-refractivity contribution in [2.24, 2.45) is 5.92 Å². The first-order valence-corrected chi connectivity index (χ1v) is 10.2. The van der Waals surface area contributed by atoms with Crippen LogP contribution in [0, 0.1) is 12.8 Å². The average molecular weight is 401 g/mol. The Morgan fingerprint density at radius 1 is 1.30 bits per heavy atom. The zero-order valence-corrected chi connectivity index (χ0v) is 16.8. The average Bonchev–Trinajstić information content (AvgIpc) is 2.95. The molecule has 1 N–H and O–H groups in total. The largest absolute Gasteiger partial charge is 0.356 e. The maximum Gasteiger partial charge on any atom is 0.267 e. The minimum atomic E-state index is -0.267. The molecule has 0 bridgehead atoms. The predicted octanol–water partition coefficient (Wildman–Crippen LogP) is 2.73. The first kappa shape index (κ1) is 18.2. The van der Waals surface area contributed by atoms with Crippen molar-refractivity contribution in [1.82, 2.24) is 14.7 Å². The van der Waals surface area contributed by atoms with Crippen molar-refractivity contribution in [1.29, 1.82) is 0 Å². The van der Waals surface area contributed by atoms with Gasteiger partial charge < -0.3 is 10.2 Å². The summed E-state index contributed by atoms with van der Waals surface area (Å²) in [6, 6.07) is 3.80. The number of hydrogen-bond acceptors (Lipinski definition) is 6. The smallest absolute Gasteiger partial charge is 0.267 e. The second kappa shape index (κ2) is 7.09. The first-order chi connectivity index (χ1) is 12.9. The molecular weight excluding hydrogens is 380 g/mol. The number of pyridine rings is 1. The van der Waals surface area contributed by atoms with Crippen LogP contribution in [0.5, 0.6) is 0 Å². The van der Waals surface area contributed by atoms with Gasteiger partial charge in [-0.25, -0.2) is 4.98 Å². The van der Waals surface area contributed by atoms with Crippen LogP contribution in [0.4, 0.5) is 5.82 Å². The molecule has 0 unspecified atom stereocenters. The number of anilines is 1. The number of aromatic nitrogens is 2. The van der Waals surface area contributed by atoms with E-state index in [1.54, 1.807) is 16.7 Å². The van der Waals surface area contributed by atoms with Gasteiger partial charge in [-0.15, -0.1) is 0 Å². The third-order valence-electron chi connectivity index (χ3n) is 4.99. The lowest BCUT2D eigenvalue weighted by molar-refractivity contribution is -0.115. The minimum Gasteiger partial charge on any atom is -0.356 e. The van der Waals surface area contributed by atoms with Gasteiger partial charge in [-0.05, 0) is 43.4 Å². The van der Waals surface area contributed by atoms with Crippen molar-refractivity contribution in [2.45, 2.75) is 26.7 Å². The highest BCUT2D eigenvalue weighted by Crippen LogP contribution is 2.29. The fourth-order valence-corrected chi connectivity index (χ4v) is 4.41. The number of thioether (sulfide) groups is 1.